The highest BCUT2D eigenvalue weighted by Crippen LogP contribution is 2.44. The number of rotatable bonds is 6. The van der Waals surface area contributed by atoms with Crippen molar-refractivity contribution < 1.29 is 9.47 Å². The number of benzene rings is 1. The molecule has 0 amide bonds. The van der Waals surface area contributed by atoms with Gasteiger partial charge in [0, 0.05) is 24.5 Å². The smallest absolute Gasteiger partial charge is 0.0909 e. The fourth-order valence-corrected chi connectivity index (χ4v) is 4.64. The molecule has 0 radical (unpaired) electrons. The second-order valence-electron chi connectivity index (χ2n) is 9.33. The van der Waals surface area contributed by atoms with Crippen LogP contribution in [0.25, 0.3) is 5.57 Å². The van der Waals surface area contributed by atoms with Crippen molar-refractivity contribution in [1.29, 1.82) is 0 Å². The minimum absolute atomic E-state index is 0.0486. The largest absolute Gasteiger partial charge is 0.381 e. The Kier molecular flexibility index (Phi) is 5.44. The van der Waals surface area contributed by atoms with Crippen LogP contribution < -0.4 is 0 Å². The number of hydrogen-bond donors (Lipinski definition) is 1. The molecule has 1 spiro atoms. The summed E-state index contributed by atoms with van der Waals surface area (Å²) in [5, 5.41) is 8.02. The van der Waals surface area contributed by atoms with Crippen molar-refractivity contribution in [3.05, 3.63) is 58.9 Å². The molecule has 1 fully saturated rings. The molecular formula is C24H32N2O2. The van der Waals surface area contributed by atoms with Crippen LogP contribution >= 0.6 is 0 Å². The van der Waals surface area contributed by atoms with Gasteiger partial charge in [0.15, 0.2) is 0 Å². The lowest BCUT2D eigenvalue weighted by Gasteiger charge is -2.38. The molecular weight excluding hydrogens is 348 g/mol. The molecule has 150 valence electrons. The molecule has 4 nitrogen and oxygen atoms in total. The molecule has 0 bridgehead atoms. The number of aromatic amines is 1. The van der Waals surface area contributed by atoms with Crippen LogP contribution in [-0.2, 0) is 28.9 Å². The summed E-state index contributed by atoms with van der Waals surface area (Å²) in [6, 6.07) is 10.4. The molecule has 1 aliphatic heterocycles. The van der Waals surface area contributed by atoms with E-state index in [0.29, 0.717) is 6.61 Å². The minimum atomic E-state index is 0.0486. The SMILES string of the molecule is CC1=CC2(CCOCC2)Cc2c1n[nH]c2CC(C)(C)COCc1ccccc1. The first kappa shape index (κ1) is 19.4. The summed E-state index contributed by atoms with van der Waals surface area (Å²) in [5.74, 6) is 0. The highest BCUT2D eigenvalue weighted by molar-refractivity contribution is 5.67. The maximum atomic E-state index is 6.05. The molecule has 1 saturated heterocycles. The van der Waals surface area contributed by atoms with Gasteiger partial charge >= 0.3 is 0 Å². The van der Waals surface area contributed by atoms with Crippen LogP contribution in [0.4, 0.5) is 0 Å². The first-order chi connectivity index (χ1) is 13.5. The first-order valence-corrected chi connectivity index (χ1v) is 10.4. The van der Waals surface area contributed by atoms with E-state index in [4.69, 9.17) is 9.47 Å². The number of allylic oxidation sites excluding steroid dienone is 2. The van der Waals surface area contributed by atoms with Crippen molar-refractivity contribution in [2.75, 3.05) is 19.8 Å². The second kappa shape index (κ2) is 7.84. The van der Waals surface area contributed by atoms with Crippen molar-refractivity contribution in [3.63, 3.8) is 0 Å². The summed E-state index contributed by atoms with van der Waals surface area (Å²) < 4.78 is 11.7. The zero-order valence-corrected chi connectivity index (χ0v) is 17.4. The quantitative estimate of drug-likeness (QED) is 0.771. The number of hydrogen-bond acceptors (Lipinski definition) is 3. The third kappa shape index (κ3) is 4.23. The molecule has 4 heteroatoms. The van der Waals surface area contributed by atoms with Crippen LogP contribution in [0.2, 0.25) is 0 Å². The maximum Gasteiger partial charge on any atom is 0.0909 e. The van der Waals surface area contributed by atoms with Crippen molar-refractivity contribution in [1.82, 2.24) is 10.2 Å². The number of ether oxygens (including phenoxy) is 2. The average molecular weight is 381 g/mol. The fraction of sp³-hybridized carbons (Fsp3) is 0.542. The first-order valence-electron chi connectivity index (χ1n) is 10.4. The van der Waals surface area contributed by atoms with Crippen molar-refractivity contribution in [3.8, 4) is 0 Å². The highest BCUT2D eigenvalue weighted by atomic mass is 16.5. The molecule has 1 aromatic carbocycles. The van der Waals surface area contributed by atoms with E-state index in [9.17, 15) is 0 Å². The molecule has 4 rings (SSSR count). The van der Waals surface area contributed by atoms with Gasteiger partial charge in [-0.3, -0.25) is 5.10 Å². The lowest BCUT2D eigenvalue weighted by atomic mass is 9.70. The summed E-state index contributed by atoms with van der Waals surface area (Å²) in [7, 11) is 0. The topological polar surface area (TPSA) is 47.1 Å². The molecule has 0 atom stereocenters. The van der Waals surface area contributed by atoms with Crippen molar-refractivity contribution in [2.45, 2.75) is 53.1 Å². The van der Waals surface area contributed by atoms with Crippen molar-refractivity contribution >= 4 is 5.57 Å². The Bertz CT molecular complexity index is 830. The number of nitrogens with one attached hydrogen (secondary N) is 1. The Morgan fingerprint density at radius 1 is 1.18 bits per heavy atom. The predicted molar refractivity (Wildman–Crippen MR) is 112 cm³/mol. The van der Waals surface area contributed by atoms with E-state index < -0.39 is 0 Å². The van der Waals surface area contributed by atoms with E-state index in [1.165, 1.54) is 22.4 Å². The van der Waals surface area contributed by atoms with Crippen LogP contribution in [0.15, 0.2) is 36.4 Å². The standard InChI is InChI=1S/C24H32N2O2/c1-18-13-24(9-11-27-12-10-24)14-20-21(25-26-22(18)20)15-23(2,3)17-28-16-19-7-5-4-6-8-19/h4-8,13H,9-12,14-17H2,1-3H3,(H,25,26). The number of H-pyrrole nitrogens is 1. The molecule has 2 aliphatic rings. The third-order valence-corrected chi connectivity index (χ3v) is 6.13. The third-order valence-electron chi connectivity index (χ3n) is 6.13. The zero-order chi connectivity index (χ0) is 19.6. The zero-order valence-electron chi connectivity index (χ0n) is 17.4. The molecule has 2 heterocycles. The number of fused-ring (bicyclic) bond motifs is 1. The van der Waals surface area contributed by atoms with Gasteiger partial charge in [-0.05, 0) is 54.6 Å². The second-order valence-corrected chi connectivity index (χ2v) is 9.33. The van der Waals surface area contributed by atoms with Crippen LogP contribution in [0.1, 0.15) is 56.1 Å². The molecule has 0 saturated carbocycles. The summed E-state index contributed by atoms with van der Waals surface area (Å²) in [6.45, 7) is 9.88. The van der Waals surface area contributed by atoms with Gasteiger partial charge < -0.3 is 9.47 Å². The monoisotopic (exact) mass is 380 g/mol. The summed E-state index contributed by atoms with van der Waals surface area (Å²) in [4.78, 5) is 0. The van der Waals surface area contributed by atoms with Crippen LogP contribution in [-0.4, -0.2) is 30.0 Å². The molecule has 2 aromatic rings. The molecule has 1 aromatic heterocycles. The van der Waals surface area contributed by atoms with Crippen molar-refractivity contribution in [2.24, 2.45) is 10.8 Å². The lowest BCUT2D eigenvalue weighted by Crippen LogP contribution is -2.32. The van der Waals surface area contributed by atoms with Gasteiger partial charge in [0.2, 0.25) is 0 Å². The van der Waals surface area contributed by atoms with E-state index in [-0.39, 0.29) is 10.8 Å². The van der Waals surface area contributed by atoms with Gasteiger partial charge in [-0.15, -0.1) is 0 Å². The molecule has 0 unspecified atom stereocenters. The van der Waals surface area contributed by atoms with Gasteiger partial charge in [0.05, 0.1) is 18.9 Å². The van der Waals surface area contributed by atoms with Gasteiger partial charge in [-0.2, -0.15) is 5.10 Å². The minimum Gasteiger partial charge on any atom is -0.381 e. The van der Waals surface area contributed by atoms with Gasteiger partial charge in [-0.25, -0.2) is 0 Å². The summed E-state index contributed by atoms with van der Waals surface area (Å²) in [6.07, 6.45) is 6.70. The highest BCUT2D eigenvalue weighted by Gasteiger charge is 2.37. The van der Waals surface area contributed by atoms with Crippen LogP contribution in [0.3, 0.4) is 0 Å². The van der Waals surface area contributed by atoms with E-state index in [2.05, 4.69) is 61.3 Å². The Morgan fingerprint density at radius 3 is 2.68 bits per heavy atom. The average Bonchev–Trinajstić information content (AvgIpc) is 3.05. The summed E-state index contributed by atoms with van der Waals surface area (Å²) in [5.41, 5.74) is 6.69. The lowest BCUT2D eigenvalue weighted by molar-refractivity contribution is 0.0365. The van der Waals surface area contributed by atoms with Crippen LogP contribution in [0, 0.1) is 10.8 Å². The Labute approximate surface area is 168 Å². The number of nitrogens with zero attached hydrogens (tertiary/aromatic N) is 1. The van der Waals surface area contributed by atoms with Gasteiger partial charge in [0.25, 0.3) is 0 Å². The van der Waals surface area contributed by atoms with E-state index in [1.54, 1.807) is 0 Å². The van der Waals surface area contributed by atoms with Gasteiger partial charge in [-0.1, -0.05) is 50.3 Å². The fourth-order valence-electron chi connectivity index (χ4n) is 4.64. The normalized spacial score (nSPS) is 18.8. The molecule has 1 N–H and O–H groups in total. The van der Waals surface area contributed by atoms with E-state index in [1.807, 2.05) is 6.07 Å². The number of aromatic nitrogens is 2. The molecule has 28 heavy (non-hydrogen) atoms. The van der Waals surface area contributed by atoms with E-state index in [0.717, 1.165) is 51.2 Å². The van der Waals surface area contributed by atoms with E-state index >= 15 is 0 Å². The Morgan fingerprint density at radius 2 is 1.93 bits per heavy atom. The van der Waals surface area contributed by atoms with Crippen LogP contribution in [0.5, 0.6) is 0 Å². The predicted octanol–water partition coefficient (Wildman–Crippen LogP) is 4.95. The Hall–Kier alpha value is -1.91. The summed E-state index contributed by atoms with van der Waals surface area (Å²) >= 11 is 0. The maximum absolute atomic E-state index is 6.05. The molecule has 1 aliphatic carbocycles. The Balaban J connectivity index is 1.44. The van der Waals surface area contributed by atoms with Gasteiger partial charge in [0.1, 0.15) is 0 Å².